The van der Waals surface area contributed by atoms with Gasteiger partial charge in [0.15, 0.2) is 0 Å². The van der Waals surface area contributed by atoms with Crippen LogP contribution in [0.5, 0.6) is 0 Å². The smallest absolute Gasteiger partial charge is 0.320 e. The van der Waals surface area contributed by atoms with Crippen LogP contribution in [0.2, 0.25) is 0 Å². The van der Waals surface area contributed by atoms with E-state index in [9.17, 15) is 4.79 Å². The molecule has 0 radical (unpaired) electrons. The molecule has 1 atom stereocenters. The van der Waals surface area contributed by atoms with Gasteiger partial charge in [0.05, 0.1) is 6.61 Å². The van der Waals surface area contributed by atoms with Gasteiger partial charge in [0, 0.05) is 13.7 Å². The minimum Gasteiger partial charge on any atom is -0.480 e. The Morgan fingerprint density at radius 1 is 1.39 bits per heavy atom. The van der Waals surface area contributed by atoms with E-state index in [1.165, 1.54) is 0 Å². The molecule has 1 aliphatic rings. The highest BCUT2D eigenvalue weighted by Gasteiger charge is 2.30. The number of hydrogen-bond acceptors (Lipinski definition) is 3. The highest BCUT2D eigenvalue weighted by atomic mass is 16.5. The molecule has 0 bridgehead atoms. The van der Waals surface area contributed by atoms with Crippen LogP contribution in [-0.2, 0) is 22.7 Å². The summed E-state index contributed by atoms with van der Waals surface area (Å²) in [4.78, 5) is 13.1. The van der Waals surface area contributed by atoms with Crippen LogP contribution in [0.25, 0.3) is 0 Å². The number of methoxy groups -OCH3 is 1. The third-order valence-electron chi connectivity index (χ3n) is 3.37. The van der Waals surface area contributed by atoms with Gasteiger partial charge in [-0.25, -0.2) is 0 Å². The lowest BCUT2D eigenvalue weighted by Crippen LogP contribution is -2.35. The van der Waals surface area contributed by atoms with Gasteiger partial charge in [0.25, 0.3) is 0 Å². The van der Waals surface area contributed by atoms with E-state index >= 15 is 0 Å². The lowest BCUT2D eigenvalue weighted by atomic mass is 10.1. The van der Waals surface area contributed by atoms with E-state index in [-0.39, 0.29) is 6.04 Å². The van der Waals surface area contributed by atoms with Crippen molar-refractivity contribution in [3.8, 4) is 0 Å². The summed E-state index contributed by atoms with van der Waals surface area (Å²) in [5, 5.41) is 9.12. The Bertz CT molecular complexity index is 402. The van der Waals surface area contributed by atoms with Crippen LogP contribution < -0.4 is 0 Å². The predicted molar refractivity (Wildman–Crippen MR) is 68.2 cm³/mol. The first-order valence-corrected chi connectivity index (χ1v) is 6.24. The predicted octanol–water partition coefficient (Wildman–Crippen LogP) is 1.88. The molecule has 1 unspecified atom stereocenters. The number of ether oxygens (including phenoxy) is 1. The summed E-state index contributed by atoms with van der Waals surface area (Å²) in [5.41, 5.74) is 2.29. The molecular formula is C14H19NO3. The quantitative estimate of drug-likeness (QED) is 0.865. The monoisotopic (exact) mass is 249 g/mol. The van der Waals surface area contributed by atoms with Crippen molar-refractivity contribution >= 4 is 5.97 Å². The minimum atomic E-state index is -0.705. The first-order valence-electron chi connectivity index (χ1n) is 6.24. The first kappa shape index (κ1) is 13.1. The molecule has 1 aromatic carbocycles. The Morgan fingerprint density at radius 3 is 2.67 bits per heavy atom. The van der Waals surface area contributed by atoms with Crippen LogP contribution in [0.3, 0.4) is 0 Å². The van der Waals surface area contributed by atoms with Gasteiger partial charge in [-0.15, -0.1) is 0 Å². The van der Waals surface area contributed by atoms with E-state index in [1.807, 2.05) is 29.2 Å². The van der Waals surface area contributed by atoms with Gasteiger partial charge in [-0.1, -0.05) is 24.3 Å². The van der Waals surface area contributed by atoms with Crippen molar-refractivity contribution in [1.29, 1.82) is 0 Å². The molecule has 1 fully saturated rings. The van der Waals surface area contributed by atoms with E-state index in [4.69, 9.17) is 9.84 Å². The molecule has 0 spiro atoms. The van der Waals surface area contributed by atoms with E-state index < -0.39 is 5.97 Å². The van der Waals surface area contributed by atoms with Gasteiger partial charge in [0.1, 0.15) is 6.04 Å². The lowest BCUT2D eigenvalue weighted by molar-refractivity contribution is -0.142. The van der Waals surface area contributed by atoms with Crippen molar-refractivity contribution in [2.75, 3.05) is 13.7 Å². The Labute approximate surface area is 107 Å². The van der Waals surface area contributed by atoms with Crippen molar-refractivity contribution in [1.82, 2.24) is 4.90 Å². The van der Waals surface area contributed by atoms with E-state index in [0.29, 0.717) is 13.2 Å². The van der Waals surface area contributed by atoms with Gasteiger partial charge in [0.2, 0.25) is 0 Å². The number of carboxylic acid groups (broad SMARTS) is 1. The van der Waals surface area contributed by atoms with Crippen molar-refractivity contribution in [3.63, 3.8) is 0 Å². The molecule has 18 heavy (non-hydrogen) atoms. The van der Waals surface area contributed by atoms with Crippen LogP contribution in [0.15, 0.2) is 24.3 Å². The lowest BCUT2D eigenvalue weighted by Gasteiger charge is -2.21. The largest absolute Gasteiger partial charge is 0.480 e. The molecule has 4 nitrogen and oxygen atoms in total. The number of carbonyl (C=O) groups is 1. The molecule has 0 amide bonds. The third kappa shape index (κ3) is 3.09. The Kier molecular flexibility index (Phi) is 4.33. The van der Waals surface area contributed by atoms with Crippen molar-refractivity contribution < 1.29 is 14.6 Å². The van der Waals surface area contributed by atoms with Crippen LogP contribution in [0, 0.1) is 0 Å². The minimum absolute atomic E-state index is 0.316. The second-order valence-corrected chi connectivity index (χ2v) is 4.72. The first-order chi connectivity index (χ1) is 8.70. The van der Waals surface area contributed by atoms with Crippen molar-refractivity contribution in [3.05, 3.63) is 35.4 Å². The Morgan fingerprint density at radius 2 is 2.06 bits per heavy atom. The van der Waals surface area contributed by atoms with Gasteiger partial charge in [-0.05, 0) is 30.5 Å². The fourth-order valence-electron chi connectivity index (χ4n) is 2.44. The molecule has 1 aromatic rings. The highest BCUT2D eigenvalue weighted by molar-refractivity contribution is 5.73. The third-order valence-corrected chi connectivity index (χ3v) is 3.37. The fourth-order valence-corrected chi connectivity index (χ4v) is 2.44. The average molecular weight is 249 g/mol. The molecule has 0 aromatic heterocycles. The molecule has 98 valence electrons. The van der Waals surface area contributed by atoms with Gasteiger partial charge >= 0.3 is 5.97 Å². The zero-order chi connectivity index (χ0) is 13.0. The number of rotatable bonds is 5. The van der Waals surface area contributed by atoms with Crippen molar-refractivity contribution in [2.24, 2.45) is 0 Å². The Hall–Kier alpha value is -1.39. The second-order valence-electron chi connectivity index (χ2n) is 4.72. The van der Waals surface area contributed by atoms with Crippen LogP contribution in [0.4, 0.5) is 0 Å². The van der Waals surface area contributed by atoms with Gasteiger partial charge in [-0.2, -0.15) is 0 Å². The molecule has 1 saturated heterocycles. The standard InChI is InChI=1S/C14H19NO3/c1-18-10-12-6-4-11(5-7-12)9-15-8-2-3-13(15)14(16)17/h4-7,13H,2-3,8-10H2,1H3,(H,16,17). The summed E-state index contributed by atoms with van der Waals surface area (Å²) in [6.07, 6.45) is 1.73. The van der Waals surface area contributed by atoms with Crippen molar-refractivity contribution in [2.45, 2.75) is 32.0 Å². The molecule has 0 saturated carbocycles. The molecular weight excluding hydrogens is 230 g/mol. The fraction of sp³-hybridized carbons (Fsp3) is 0.500. The summed E-state index contributed by atoms with van der Waals surface area (Å²) >= 11 is 0. The van der Waals surface area contributed by atoms with Gasteiger partial charge < -0.3 is 9.84 Å². The van der Waals surface area contributed by atoms with Crippen LogP contribution >= 0.6 is 0 Å². The topological polar surface area (TPSA) is 49.8 Å². The van der Waals surface area contributed by atoms with E-state index in [0.717, 1.165) is 30.5 Å². The van der Waals surface area contributed by atoms with E-state index in [2.05, 4.69) is 0 Å². The van der Waals surface area contributed by atoms with Crippen LogP contribution in [0.1, 0.15) is 24.0 Å². The van der Waals surface area contributed by atoms with Gasteiger partial charge in [-0.3, -0.25) is 9.69 Å². The molecule has 1 heterocycles. The second kappa shape index (κ2) is 5.98. The SMILES string of the molecule is COCc1ccc(CN2CCCC2C(=O)O)cc1. The molecule has 1 aliphatic heterocycles. The summed E-state index contributed by atoms with van der Waals surface area (Å²) < 4.78 is 5.06. The number of aliphatic carboxylic acids is 1. The summed E-state index contributed by atoms with van der Waals surface area (Å²) in [6, 6.07) is 7.84. The van der Waals surface area contributed by atoms with Crippen LogP contribution in [-0.4, -0.2) is 35.7 Å². The maximum absolute atomic E-state index is 11.1. The average Bonchev–Trinajstić information content (AvgIpc) is 2.80. The maximum Gasteiger partial charge on any atom is 0.320 e. The summed E-state index contributed by atoms with van der Waals surface area (Å²) in [6.45, 7) is 2.20. The normalized spacial score (nSPS) is 20.2. The number of benzene rings is 1. The highest BCUT2D eigenvalue weighted by Crippen LogP contribution is 2.20. The number of likely N-dealkylation sites (tertiary alicyclic amines) is 1. The zero-order valence-corrected chi connectivity index (χ0v) is 10.6. The maximum atomic E-state index is 11.1. The number of carboxylic acids is 1. The Balaban J connectivity index is 1.98. The molecule has 1 N–H and O–H groups in total. The van der Waals surface area contributed by atoms with E-state index in [1.54, 1.807) is 7.11 Å². The number of nitrogens with zero attached hydrogens (tertiary/aromatic N) is 1. The molecule has 2 rings (SSSR count). The number of hydrogen-bond donors (Lipinski definition) is 1. The molecule has 4 heteroatoms. The summed E-state index contributed by atoms with van der Waals surface area (Å²) in [5.74, 6) is -0.705. The summed E-state index contributed by atoms with van der Waals surface area (Å²) in [7, 11) is 1.68. The molecule has 0 aliphatic carbocycles. The zero-order valence-electron chi connectivity index (χ0n) is 10.6.